The first-order chi connectivity index (χ1) is 17.1. The Kier molecular flexibility index (Phi) is 9.09. The van der Waals surface area contributed by atoms with E-state index in [1.54, 1.807) is 7.11 Å². The number of piperazine rings is 1. The van der Waals surface area contributed by atoms with Gasteiger partial charge in [0.25, 0.3) is 5.91 Å². The maximum absolute atomic E-state index is 12.5. The topological polar surface area (TPSA) is 44.8 Å². The molecule has 0 spiro atoms. The Labute approximate surface area is 213 Å². The fraction of sp³-hybridized carbons (Fsp3) is 0.345. The van der Waals surface area contributed by atoms with Crippen molar-refractivity contribution >= 4 is 23.4 Å². The maximum Gasteiger partial charge on any atom is 0.251 e. The van der Waals surface area contributed by atoms with Crippen LogP contribution in [0.4, 0.5) is 5.69 Å². The summed E-state index contributed by atoms with van der Waals surface area (Å²) in [5.74, 6) is 2.80. The Morgan fingerprint density at radius 2 is 1.71 bits per heavy atom. The molecule has 1 aliphatic rings. The van der Waals surface area contributed by atoms with Crippen molar-refractivity contribution in [2.24, 2.45) is 0 Å². The third-order valence-corrected chi connectivity index (χ3v) is 7.33. The largest absolute Gasteiger partial charge is 0.495 e. The first-order valence-electron chi connectivity index (χ1n) is 12.2. The van der Waals surface area contributed by atoms with Gasteiger partial charge in [0.15, 0.2) is 0 Å². The number of hydrogen-bond acceptors (Lipinski definition) is 5. The molecule has 0 saturated carbocycles. The molecule has 0 atom stereocenters. The van der Waals surface area contributed by atoms with Gasteiger partial charge in [0.2, 0.25) is 0 Å². The molecule has 1 aliphatic heterocycles. The van der Waals surface area contributed by atoms with Crippen molar-refractivity contribution < 1.29 is 9.53 Å². The number of para-hydroxylation sites is 2. The second kappa shape index (κ2) is 12.7. The molecule has 1 heterocycles. The third kappa shape index (κ3) is 7.26. The predicted octanol–water partition coefficient (Wildman–Crippen LogP) is 4.99. The van der Waals surface area contributed by atoms with E-state index < -0.39 is 0 Å². The highest BCUT2D eigenvalue weighted by Crippen LogP contribution is 2.28. The van der Waals surface area contributed by atoms with E-state index in [1.807, 2.05) is 36.0 Å². The number of ether oxygens (including phenoxy) is 1. The van der Waals surface area contributed by atoms with Gasteiger partial charge in [0.1, 0.15) is 5.75 Å². The Hall–Kier alpha value is -2.96. The minimum absolute atomic E-state index is 0.00173. The fourth-order valence-electron chi connectivity index (χ4n) is 4.39. The normalized spacial score (nSPS) is 14.1. The molecular weight excluding hydrogens is 454 g/mol. The van der Waals surface area contributed by atoms with Gasteiger partial charge in [-0.2, -0.15) is 11.8 Å². The van der Waals surface area contributed by atoms with Crippen molar-refractivity contribution in [3.63, 3.8) is 0 Å². The fourth-order valence-corrected chi connectivity index (χ4v) is 5.19. The average molecular weight is 490 g/mol. The molecule has 0 bridgehead atoms. The zero-order valence-corrected chi connectivity index (χ0v) is 21.5. The summed E-state index contributed by atoms with van der Waals surface area (Å²) in [6.45, 7) is 7.64. The number of carbonyl (C=O) groups is 1. The van der Waals surface area contributed by atoms with Crippen LogP contribution in [-0.2, 0) is 12.3 Å². The van der Waals surface area contributed by atoms with Crippen LogP contribution in [0.2, 0.25) is 0 Å². The Morgan fingerprint density at radius 3 is 2.46 bits per heavy atom. The van der Waals surface area contributed by atoms with Crippen LogP contribution in [0.3, 0.4) is 0 Å². The molecule has 4 rings (SSSR count). The van der Waals surface area contributed by atoms with Crippen LogP contribution in [0, 0.1) is 6.92 Å². The van der Waals surface area contributed by atoms with E-state index in [0.717, 1.165) is 55.5 Å². The van der Waals surface area contributed by atoms with Crippen LogP contribution < -0.4 is 15.0 Å². The second-order valence-corrected chi connectivity index (χ2v) is 10.0. The molecule has 184 valence electrons. The summed E-state index contributed by atoms with van der Waals surface area (Å²) in [4.78, 5) is 17.4. The molecule has 35 heavy (non-hydrogen) atoms. The van der Waals surface area contributed by atoms with E-state index >= 15 is 0 Å². The minimum Gasteiger partial charge on any atom is -0.495 e. The highest BCUT2D eigenvalue weighted by atomic mass is 32.2. The van der Waals surface area contributed by atoms with Crippen molar-refractivity contribution in [1.82, 2.24) is 10.2 Å². The lowest BCUT2D eigenvalue weighted by molar-refractivity contribution is 0.0956. The zero-order valence-electron chi connectivity index (χ0n) is 20.7. The summed E-state index contributed by atoms with van der Waals surface area (Å²) in [7, 11) is 1.73. The van der Waals surface area contributed by atoms with Crippen molar-refractivity contribution in [3.8, 4) is 5.75 Å². The number of nitrogens with zero attached hydrogens (tertiary/aromatic N) is 2. The van der Waals surface area contributed by atoms with E-state index in [4.69, 9.17) is 4.74 Å². The van der Waals surface area contributed by atoms with Crippen LogP contribution in [0.5, 0.6) is 5.75 Å². The highest BCUT2D eigenvalue weighted by molar-refractivity contribution is 7.98. The average Bonchev–Trinajstić information content (AvgIpc) is 2.89. The van der Waals surface area contributed by atoms with Crippen LogP contribution >= 0.6 is 11.8 Å². The highest BCUT2D eigenvalue weighted by Gasteiger charge is 2.19. The standard InChI is InChI=1S/C29H35N3O2S/c1-23-6-5-7-25(20-23)22-35-19-14-30-29(33)26-12-10-24(11-13-26)21-31-15-17-32(18-16-31)27-8-3-4-9-28(27)34-2/h3-13,20H,14-19,21-22H2,1-2H3,(H,30,33). The van der Waals surface area contributed by atoms with Gasteiger partial charge in [-0.15, -0.1) is 0 Å². The van der Waals surface area contributed by atoms with E-state index in [-0.39, 0.29) is 5.91 Å². The molecule has 3 aromatic rings. The second-order valence-electron chi connectivity index (χ2n) is 8.93. The van der Waals surface area contributed by atoms with Gasteiger partial charge >= 0.3 is 0 Å². The molecule has 1 N–H and O–H groups in total. The summed E-state index contributed by atoms with van der Waals surface area (Å²) in [5.41, 5.74) is 5.74. The van der Waals surface area contributed by atoms with Gasteiger partial charge in [-0.25, -0.2) is 0 Å². The van der Waals surface area contributed by atoms with E-state index in [2.05, 4.69) is 70.6 Å². The van der Waals surface area contributed by atoms with Gasteiger partial charge < -0.3 is 15.0 Å². The molecule has 1 saturated heterocycles. The van der Waals surface area contributed by atoms with E-state index in [0.29, 0.717) is 6.54 Å². The molecule has 0 radical (unpaired) electrons. The lowest BCUT2D eigenvalue weighted by atomic mass is 10.1. The molecule has 6 heteroatoms. The van der Waals surface area contributed by atoms with Gasteiger partial charge in [-0.3, -0.25) is 9.69 Å². The predicted molar refractivity (Wildman–Crippen MR) is 147 cm³/mol. The van der Waals surface area contributed by atoms with Crippen LogP contribution in [-0.4, -0.2) is 56.4 Å². The number of carbonyl (C=O) groups excluding carboxylic acids is 1. The minimum atomic E-state index is -0.00173. The van der Waals surface area contributed by atoms with Gasteiger partial charge in [0.05, 0.1) is 12.8 Å². The smallest absolute Gasteiger partial charge is 0.251 e. The Balaban J connectivity index is 1.17. The summed E-state index contributed by atoms with van der Waals surface area (Å²) in [6, 6.07) is 24.8. The van der Waals surface area contributed by atoms with Crippen molar-refractivity contribution in [1.29, 1.82) is 0 Å². The van der Waals surface area contributed by atoms with Crippen molar-refractivity contribution in [2.45, 2.75) is 19.2 Å². The van der Waals surface area contributed by atoms with Crippen LogP contribution in [0.15, 0.2) is 72.8 Å². The third-order valence-electron chi connectivity index (χ3n) is 6.30. The van der Waals surface area contributed by atoms with Crippen LogP contribution in [0.25, 0.3) is 0 Å². The SMILES string of the molecule is COc1ccccc1N1CCN(Cc2ccc(C(=O)NCCSCc3cccc(C)c3)cc2)CC1. The molecule has 0 unspecified atom stereocenters. The van der Waals surface area contributed by atoms with E-state index in [1.165, 1.54) is 22.4 Å². The molecular formula is C29H35N3O2S. The number of methoxy groups -OCH3 is 1. The zero-order chi connectivity index (χ0) is 24.5. The first kappa shape index (κ1) is 25.1. The number of amides is 1. The number of aryl methyl sites for hydroxylation is 1. The lowest BCUT2D eigenvalue weighted by Crippen LogP contribution is -2.46. The summed E-state index contributed by atoms with van der Waals surface area (Å²) in [5, 5.41) is 3.04. The number of rotatable bonds is 10. The summed E-state index contributed by atoms with van der Waals surface area (Å²) >= 11 is 1.84. The Bertz CT molecular complexity index is 1100. The van der Waals surface area contributed by atoms with E-state index in [9.17, 15) is 4.79 Å². The van der Waals surface area contributed by atoms with Gasteiger partial charge in [0, 0.05) is 56.3 Å². The molecule has 3 aromatic carbocycles. The number of anilines is 1. The summed E-state index contributed by atoms with van der Waals surface area (Å²) < 4.78 is 5.52. The number of nitrogens with one attached hydrogen (secondary N) is 1. The molecule has 1 amide bonds. The van der Waals surface area contributed by atoms with Crippen LogP contribution in [0.1, 0.15) is 27.0 Å². The van der Waals surface area contributed by atoms with Crippen molar-refractivity contribution in [2.75, 3.05) is 50.5 Å². The Morgan fingerprint density at radius 1 is 0.943 bits per heavy atom. The maximum atomic E-state index is 12.5. The lowest BCUT2D eigenvalue weighted by Gasteiger charge is -2.36. The molecule has 1 fully saturated rings. The number of thioether (sulfide) groups is 1. The monoisotopic (exact) mass is 489 g/mol. The molecule has 5 nitrogen and oxygen atoms in total. The van der Waals surface area contributed by atoms with Gasteiger partial charge in [-0.1, -0.05) is 54.1 Å². The number of hydrogen-bond donors (Lipinski definition) is 1. The van der Waals surface area contributed by atoms with Crippen molar-refractivity contribution in [3.05, 3.63) is 95.1 Å². The molecule has 0 aliphatic carbocycles. The first-order valence-corrected chi connectivity index (χ1v) is 13.4. The number of benzene rings is 3. The van der Waals surface area contributed by atoms with Gasteiger partial charge in [-0.05, 0) is 42.3 Å². The quantitative estimate of drug-likeness (QED) is 0.407. The molecule has 0 aromatic heterocycles. The summed E-state index contributed by atoms with van der Waals surface area (Å²) in [6.07, 6.45) is 0.